The molecule has 0 aromatic carbocycles. The highest BCUT2D eigenvalue weighted by atomic mass is 16.6. The number of likely N-dealkylation sites (tertiary alicyclic amines) is 1. The molecule has 0 bridgehead atoms. The van der Waals surface area contributed by atoms with E-state index in [0.717, 1.165) is 38.4 Å². The molecule has 1 saturated heterocycles. The molecule has 0 radical (unpaired) electrons. The molecule has 1 N–H and O–H groups in total. The Morgan fingerprint density at radius 1 is 1.30 bits per heavy atom. The third-order valence-corrected chi connectivity index (χ3v) is 4.77. The standard InChI is InChI=1S/C16H30N2O2/c1-15(2,3)20-14(19)18-9-7-16(8-10-18)6-5-13(11-16)12-17-4/h13,17H,5-12H2,1-4H3/t13-/m1/s1. The van der Waals surface area contributed by atoms with Crippen LogP contribution in [0.15, 0.2) is 0 Å². The summed E-state index contributed by atoms with van der Waals surface area (Å²) in [4.78, 5) is 14.0. The summed E-state index contributed by atoms with van der Waals surface area (Å²) in [6.07, 6.45) is 6.15. The fourth-order valence-electron chi connectivity index (χ4n) is 3.73. The SMILES string of the molecule is CNC[C@@H]1CCC2(CCN(C(=O)OC(C)(C)C)CC2)C1. The maximum absolute atomic E-state index is 12.1. The van der Waals surface area contributed by atoms with Crippen molar-refractivity contribution in [2.45, 2.75) is 58.5 Å². The number of hydrogen-bond acceptors (Lipinski definition) is 3. The van der Waals surface area contributed by atoms with E-state index in [1.807, 2.05) is 32.7 Å². The largest absolute Gasteiger partial charge is 0.444 e. The summed E-state index contributed by atoms with van der Waals surface area (Å²) in [5.74, 6) is 0.827. The molecule has 0 aromatic heterocycles. The van der Waals surface area contributed by atoms with Crippen LogP contribution in [0.25, 0.3) is 0 Å². The van der Waals surface area contributed by atoms with Gasteiger partial charge in [0.25, 0.3) is 0 Å². The van der Waals surface area contributed by atoms with Crippen LogP contribution >= 0.6 is 0 Å². The number of piperidine rings is 1. The molecule has 1 amide bonds. The first-order valence-corrected chi connectivity index (χ1v) is 7.96. The van der Waals surface area contributed by atoms with Gasteiger partial charge in [0, 0.05) is 13.1 Å². The van der Waals surface area contributed by atoms with Gasteiger partial charge in [-0.1, -0.05) is 0 Å². The second kappa shape index (κ2) is 5.92. The first kappa shape index (κ1) is 15.6. The van der Waals surface area contributed by atoms with Gasteiger partial charge in [-0.05, 0) is 77.8 Å². The number of nitrogens with one attached hydrogen (secondary N) is 1. The van der Waals surface area contributed by atoms with E-state index in [2.05, 4.69) is 5.32 Å². The fraction of sp³-hybridized carbons (Fsp3) is 0.938. The van der Waals surface area contributed by atoms with Gasteiger partial charge in [-0.25, -0.2) is 4.79 Å². The van der Waals surface area contributed by atoms with Gasteiger partial charge in [0.05, 0.1) is 0 Å². The Morgan fingerprint density at radius 2 is 1.95 bits per heavy atom. The summed E-state index contributed by atoms with van der Waals surface area (Å²) < 4.78 is 5.46. The lowest BCUT2D eigenvalue weighted by molar-refractivity contribution is 0.0103. The lowest BCUT2D eigenvalue weighted by atomic mass is 9.76. The number of carbonyl (C=O) groups is 1. The van der Waals surface area contributed by atoms with Crippen molar-refractivity contribution in [2.75, 3.05) is 26.7 Å². The quantitative estimate of drug-likeness (QED) is 0.846. The Balaban J connectivity index is 1.82. The van der Waals surface area contributed by atoms with E-state index in [4.69, 9.17) is 4.74 Å². The zero-order valence-electron chi connectivity index (χ0n) is 13.5. The number of ether oxygens (including phenoxy) is 1. The van der Waals surface area contributed by atoms with E-state index in [1.54, 1.807) is 0 Å². The van der Waals surface area contributed by atoms with E-state index < -0.39 is 5.60 Å². The van der Waals surface area contributed by atoms with Gasteiger partial charge in [0.15, 0.2) is 0 Å². The summed E-state index contributed by atoms with van der Waals surface area (Å²) in [5, 5.41) is 3.30. The zero-order valence-corrected chi connectivity index (χ0v) is 13.5. The van der Waals surface area contributed by atoms with E-state index in [-0.39, 0.29) is 6.09 Å². The van der Waals surface area contributed by atoms with Crippen LogP contribution in [-0.4, -0.2) is 43.3 Å². The molecular formula is C16H30N2O2. The molecule has 1 aliphatic carbocycles. The van der Waals surface area contributed by atoms with E-state index in [0.29, 0.717) is 5.41 Å². The van der Waals surface area contributed by atoms with Crippen molar-refractivity contribution < 1.29 is 9.53 Å². The van der Waals surface area contributed by atoms with Gasteiger partial charge in [-0.15, -0.1) is 0 Å². The van der Waals surface area contributed by atoms with Crippen molar-refractivity contribution in [1.29, 1.82) is 0 Å². The Bertz CT molecular complexity index is 341. The number of rotatable bonds is 2. The first-order chi connectivity index (χ1) is 9.34. The number of hydrogen-bond donors (Lipinski definition) is 1. The molecule has 2 aliphatic rings. The van der Waals surface area contributed by atoms with Gasteiger partial charge in [-0.3, -0.25) is 0 Å². The maximum Gasteiger partial charge on any atom is 0.410 e. The van der Waals surface area contributed by atoms with Crippen LogP contribution in [0.4, 0.5) is 4.79 Å². The maximum atomic E-state index is 12.1. The molecular weight excluding hydrogens is 252 g/mol. The monoisotopic (exact) mass is 282 g/mol. The van der Waals surface area contributed by atoms with Crippen LogP contribution in [0.5, 0.6) is 0 Å². The van der Waals surface area contributed by atoms with Gasteiger partial charge < -0.3 is 15.0 Å². The zero-order chi connectivity index (χ0) is 14.8. The van der Waals surface area contributed by atoms with E-state index >= 15 is 0 Å². The van der Waals surface area contributed by atoms with Gasteiger partial charge in [0.2, 0.25) is 0 Å². The molecule has 2 fully saturated rings. The summed E-state index contributed by atoms with van der Waals surface area (Å²) in [6, 6.07) is 0. The van der Waals surface area contributed by atoms with Gasteiger partial charge in [0.1, 0.15) is 5.60 Å². The van der Waals surface area contributed by atoms with E-state index in [1.165, 1.54) is 19.3 Å². The lowest BCUT2D eigenvalue weighted by Crippen LogP contribution is -2.44. The average Bonchev–Trinajstić information content (AvgIpc) is 2.71. The van der Waals surface area contributed by atoms with E-state index in [9.17, 15) is 4.79 Å². The Kier molecular flexibility index (Phi) is 4.62. The topological polar surface area (TPSA) is 41.6 Å². The Labute approximate surface area is 123 Å². The smallest absolute Gasteiger partial charge is 0.410 e. The molecule has 1 heterocycles. The third kappa shape index (κ3) is 3.87. The molecule has 1 atom stereocenters. The van der Waals surface area contributed by atoms with Crippen molar-refractivity contribution in [1.82, 2.24) is 10.2 Å². The number of nitrogens with zero attached hydrogens (tertiary/aromatic N) is 1. The summed E-state index contributed by atoms with van der Waals surface area (Å²) in [6.45, 7) is 8.64. The van der Waals surface area contributed by atoms with Crippen molar-refractivity contribution in [3.8, 4) is 0 Å². The molecule has 1 aliphatic heterocycles. The second-order valence-corrected chi connectivity index (χ2v) is 7.63. The van der Waals surface area contributed by atoms with Crippen LogP contribution in [0.1, 0.15) is 52.9 Å². The molecule has 4 nitrogen and oxygen atoms in total. The lowest BCUT2D eigenvalue weighted by Gasteiger charge is -2.40. The minimum absolute atomic E-state index is 0.142. The Morgan fingerprint density at radius 3 is 2.50 bits per heavy atom. The number of carbonyl (C=O) groups excluding carboxylic acids is 1. The molecule has 0 aromatic rings. The Hall–Kier alpha value is -0.770. The summed E-state index contributed by atoms with van der Waals surface area (Å²) in [7, 11) is 2.04. The molecule has 0 unspecified atom stereocenters. The highest BCUT2D eigenvalue weighted by molar-refractivity contribution is 5.68. The molecule has 2 rings (SSSR count). The van der Waals surface area contributed by atoms with Crippen molar-refractivity contribution in [2.24, 2.45) is 11.3 Å². The number of amides is 1. The van der Waals surface area contributed by atoms with Crippen LogP contribution in [0, 0.1) is 11.3 Å². The minimum atomic E-state index is -0.391. The molecule has 20 heavy (non-hydrogen) atoms. The van der Waals surface area contributed by atoms with Crippen molar-refractivity contribution in [3.05, 3.63) is 0 Å². The minimum Gasteiger partial charge on any atom is -0.444 e. The van der Waals surface area contributed by atoms with Crippen molar-refractivity contribution in [3.63, 3.8) is 0 Å². The molecule has 116 valence electrons. The predicted molar refractivity (Wildman–Crippen MR) is 80.7 cm³/mol. The van der Waals surface area contributed by atoms with Crippen LogP contribution in [-0.2, 0) is 4.74 Å². The molecule has 4 heteroatoms. The average molecular weight is 282 g/mol. The highest BCUT2D eigenvalue weighted by Gasteiger charge is 2.42. The fourth-order valence-corrected chi connectivity index (χ4v) is 3.73. The molecule has 1 saturated carbocycles. The normalized spacial score (nSPS) is 26.0. The summed E-state index contributed by atoms with van der Waals surface area (Å²) in [5.41, 5.74) is 0.109. The second-order valence-electron chi connectivity index (χ2n) is 7.63. The predicted octanol–water partition coefficient (Wildman–Crippen LogP) is 3.02. The third-order valence-electron chi connectivity index (χ3n) is 4.77. The summed E-state index contributed by atoms with van der Waals surface area (Å²) >= 11 is 0. The van der Waals surface area contributed by atoms with Gasteiger partial charge in [-0.2, -0.15) is 0 Å². The van der Waals surface area contributed by atoms with Crippen LogP contribution in [0.3, 0.4) is 0 Å². The van der Waals surface area contributed by atoms with Crippen LogP contribution < -0.4 is 5.32 Å². The first-order valence-electron chi connectivity index (χ1n) is 7.96. The van der Waals surface area contributed by atoms with Crippen LogP contribution in [0.2, 0.25) is 0 Å². The van der Waals surface area contributed by atoms with Gasteiger partial charge >= 0.3 is 6.09 Å². The molecule has 1 spiro atoms. The van der Waals surface area contributed by atoms with Crippen molar-refractivity contribution >= 4 is 6.09 Å². The highest BCUT2D eigenvalue weighted by Crippen LogP contribution is 2.48.